The van der Waals surface area contributed by atoms with E-state index in [0.717, 1.165) is 6.07 Å². The van der Waals surface area contributed by atoms with Crippen molar-refractivity contribution in [2.75, 3.05) is 36.6 Å². The maximum absolute atomic E-state index is 15.5. The summed E-state index contributed by atoms with van der Waals surface area (Å²) in [5, 5.41) is 12.2. The molecule has 3 aromatic carbocycles. The summed E-state index contributed by atoms with van der Waals surface area (Å²) in [7, 11) is -0.896. The van der Waals surface area contributed by atoms with Crippen LogP contribution in [0.25, 0.3) is 0 Å². The number of rotatable bonds is 9. The van der Waals surface area contributed by atoms with Gasteiger partial charge in [-0.1, -0.05) is 44.5 Å². The molecule has 2 unspecified atom stereocenters. The number of piperidine rings is 1. The number of carbonyl (C=O) groups is 1. The number of methoxy groups -OCH3 is 1. The van der Waals surface area contributed by atoms with Crippen molar-refractivity contribution in [3.05, 3.63) is 82.1 Å². The minimum atomic E-state index is -2.44. The summed E-state index contributed by atoms with van der Waals surface area (Å²) in [4.78, 5) is 16.2. The quantitative estimate of drug-likeness (QED) is 0.233. The summed E-state index contributed by atoms with van der Waals surface area (Å²) < 4.78 is 62.6. The minimum Gasteiger partial charge on any atom is -0.497 e. The molecule has 1 N–H and O–H groups in total. The molecule has 2 aliphatic heterocycles. The molecule has 3 aromatic rings. The zero-order valence-corrected chi connectivity index (χ0v) is 29.4. The number of carbonyl (C=O) groups excluding carboxylic acids is 1. The van der Waals surface area contributed by atoms with E-state index >= 15 is 8.78 Å². The molecule has 47 heavy (non-hydrogen) atoms. The van der Waals surface area contributed by atoms with Crippen LogP contribution in [0.5, 0.6) is 11.5 Å². The molecule has 1 fully saturated rings. The molecule has 254 valence electrons. The molecule has 7 nitrogen and oxygen atoms in total. The van der Waals surface area contributed by atoms with Gasteiger partial charge in [0.25, 0.3) is 0 Å². The molecule has 0 radical (unpaired) electrons. The highest BCUT2D eigenvalue weighted by Gasteiger charge is 2.49. The predicted octanol–water partition coefficient (Wildman–Crippen LogP) is 7.66. The Labute approximate surface area is 280 Å². The van der Waals surface area contributed by atoms with Gasteiger partial charge in [-0.3, -0.25) is 4.79 Å². The first-order chi connectivity index (χ1) is 22.0. The molecule has 0 aliphatic carbocycles. The van der Waals surface area contributed by atoms with E-state index in [9.17, 15) is 14.3 Å². The second kappa shape index (κ2) is 13.3. The smallest absolute Gasteiger partial charge is 0.227 e. The molecular weight excluding hydrogens is 649 g/mol. The molecule has 0 spiro atoms. The van der Waals surface area contributed by atoms with Gasteiger partial charge in [0.15, 0.2) is 20.0 Å². The first-order valence-corrected chi connectivity index (χ1v) is 19.0. The number of nitrogens with zero attached hydrogens (tertiary/aromatic N) is 2. The van der Waals surface area contributed by atoms with Crippen molar-refractivity contribution in [2.45, 2.75) is 76.4 Å². The largest absolute Gasteiger partial charge is 0.497 e. The molecule has 2 heterocycles. The summed E-state index contributed by atoms with van der Waals surface area (Å²) in [5.74, 6) is -2.38. The average molecular weight is 691 g/mol. The van der Waals surface area contributed by atoms with Gasteiger partial charge in [-0.2, -0.15) is 0 Å². The lowest BCUT2D eigenvalue weighted by Gasteiger charge is -2.49. The number of amides is 1. The molecule has 1 saturated heterocycles. The van der Waals surface area contributed by atoms with Gasteiger partial charge >= 0.3 is 0 Å². The lowest BCUT2D eigenvalue weighted by molar-refractivity contribution is -0.119. The van der Waals surface area contributed by atoms with E-state index in [1.54, 1.807) is 37.4 Å². The van der Waals surface area contributed by atoms with Crippen LogP contribution in [0.4, 0.5) is 24.5 Å². The van der Waals surface area contributed by atoms with Gasteiger partial charge < -0.3 is 28.8 Å². The van der Waals surface area contributed by atoms with Gasteiger partial charge in [-0.25, -0.2) is 13.2 Å². The molecular formula is C35H42ClF3N2O5Si. The Kier molecular flexibility index (Phi) is 9.95. The Morgan fingerprint density at radius 3 is 2.40 bits per heavy atom. The van der Waals surface area contributed by atoms with Crippen LogP contribution >= 0.6 is 11.6 Å². The van der Waals surface area contributed by atoms with Crippen molar-refractivity contribution in [3.63, 3.8) is 0 Å². The van der Waals surface area contributed by atoms with E-state index in [-0.39, 0.29) is 66.4 Å². The lowest BCUT2D eigenvalue weighted by atomic mass is 9.89. The molecule has 12 heteroatoms. The Morgan fingerprint density at radius 1 is 1.06 bits per heavy atom. The van der Waals surface area contributed by atoms with Gasteiger partial charge in [0.2, 0.25) is 5.91 Å². The fraction of sp³-hybridized carbons (Fsp3) is 0.457. The van der Waals surface area contributed by atoms with Crippen LogP contribution in [-0.4, -0.2) is 57.8 Å². The van der Waals surface area contributed by atoms with Crippen LogP contribution in [0.3, 0.4) is 0 Å². The van der Waals surface area contributed by atoms with Crippen LogP contribution in [-0.2, 0) is 22.2 Å². The maximum Gasteiger partial charge on any atom is 0.227 e. The van der Waals surface area contributed by atoms with Crippen molar-refractivity contribution in [1.82, 2.24) is 0 Å². The summed E-state index contributed by atoms with van der Waals surface area (Å²) in [6, 6.07) is 12.2. The molecule has 0 saturated carbocycles. The zero-order chi connectivity index (χ0) is 34.3. The summed E-state index contributed by atoms with van der Waals surface area (Å²) >= 11 is 6.41. The third-order valence-electron chi connectivity index (χ3n) is 9.69. The third-order valence-corrected chi connectivity index (χ3v) is 14.5. The van der Waals surface area contributed by atoms with Gasteiger partial charge in [-0.05, 0) is 66.9 Å². The van der Waals surface area contributed by atoms with Gasteiger partial charge in [0, 0.05) is 31.1 Å². The van der Waals surface area contributed by atoms with Crippen molar-refractivity contribution in [1.29, 1.82) is 0 Å². The molecule has 0 aromatic heterocycles. The van der Waals surface area contributed by atoms with Crippen molar-refractivity contribution in [3.8, 4) is 11.5 Å². The van der Waals surface area contributed by atoms with E-state index in [4.69, 9.17) is 25.5 Å². The van der Waals surface area contributed by atoms with E-state index in [1.807, 2.05) is 4.90 Å². The van der Waals surface area contributed by atoms with E-state index in [2.05, 4.69) is 33.9 Å². The summed E-state index contributed by atoms with van der Waals surface area (Å²) in [6.45, 7) is 10.8. The number of hydrogen-bond acceptors (Lipinski definition) is 6. The first kappa shape index (κ1) is 35.1. The van der Waals surface area contributed by atoms with Crippen molar-refractivity contribution in [2.24, 2.45) is 0 Å². The van der Waals surface area contributed by atoms with Crippen molar-refractivity contribution >= 4 is 37.2 Å². The molecule has 2 atom stereocenters. The van der Waals surface area contributed by atoms with Crippen LogP contribution in [0.1, 0.15) is 44.7 Å². The Bertz CT molecular complexity index is 1630. The fourth-order valence-corrected chi connectivity index (χ4v) is 7.45. The van der Waals surface area contributed by atoms with Crippen LogP contribution in [0.2, 0.25) is 23.2 Å². The topological polar surface area (TPSA) is 71.5 Å². The maximum atomic E-state index is 15.5. The predicted molar refractivity (Wildman–Crippen MR) is 180 cm³/mol. The standard InChI is InChI=1S/C35H42ClF3N2O5Si/c1-34(2,3)47(5,6)46-30-20-40(28-13-9-23(37)17-26(28)36)16-15-35(30,43)21-45-29-18-27(38)32(39)33-25(29)12-14-31(42)41(33)19-22-7-10-24(44-4)11-8-22/h7-11,13,17-18,30,43H,12,14-16,19-21H2,1-6H3. The third kappa shape index (κ3) is 7.28. The monoisotopic (exact) mass is 690 g/mol. The number of anilines is 2. The zero-order valence-electron chi connectivity index (χ0n) is 27.6. The Morgan fingerprint density at radius 2 is 1.77 bits per heavy atom. The lowest BCUT2D eigenvalue weighted by Crippen LogP contribution is -2.63. The number of halogens is 4. The normalized spacial score (nSPS) is 20.3. The van der Waals surface area contributed by atoms with Crippen LogP contribution in [0.15, 0.2) is 48.5 Å². The molecule has 2 aliphatic rings. The molecule has 0 bridgehead atoms. The van der Waals surface area contributed by atoms with Crippen molar-refractivity contribution < 1.29 is 37.0 Å². The van der Waals surface area contributed by atoms with Crippen LogP contribution in [0, 0.1) is 17.5 Å². The average Bonchev–Trinajstić information content (AvgIpc) is 3.00. The Balaban J connectivity index is 1.44. The Hall–Kier alpha value is -3.25. The summed E-state index contributed by atoms with van der Waals surface area (Å²) in [5.41, 5.74) is 0.0259. The molecule has 5 rings (SSSR count). The van der Waals surface area contributed by atoms with Gasteiger partial charge in [0.1, 0.15) is 29.5 Å². The highest BCUT2D eigenvalue weighted by molar-refractivity contribution is 6.74. The molecule has 1 amide bonds. The second-order valence-corrected chi connectivity index (χ2v) is 19.0. The van der Waals surface area contributed by atoms with Gasteiger partial charge in [0.05, 0.1) is 36.2 Å². The number of benzene rings is 3. The van der Waals surface area contributed by atoms with E-state index < -0.39 is 37.5 Å². The number of ether oxygens (including phenoxy) is 2. The first-order valence-electron chi connectivity index (χ1n) is 15.7. The number of fused-ring (bicyclic) bond motifs is 1. The second-order valence-electron chi connectivity index (χ2n) is 13.9. The van der Waals surface area contributed by atoms with E-state index in [1.165, 1.54) is 17.0 Å². The highest BCUT2D eigenvalue weighted by Crippen LogP contribution is 2.43. The van der Waals surface area contributed by atoms with Crippen LogP contribution < -0.4 is 19.3 Å². The SMILES string of the molecule is COc1ccc(CN2C(=O)CCc3c(OCC4(O)CCN(c5ccc(F)cc5Cl)CC4O[Si](C)(C)C(C)(C)C)cc(F)c(F)c32)cc1. The minimum absolute atomic E-state index is 0.0315. The summed E-state index contributed by atoms with van der Waals surface area (Å²) in [6.07, 6.45) is -0.306. The van der Waals surface area contributed by atoms with E-state index in [0.29, 0.717) is 29.1 Å². The fourth-order valence-electron chi connectivity index (χ4n) is 5.81. The highest BCUT2D eigenvalue weighted by atomic mass is 35.5. The van der Waals surface area contributed by atoms with Gasteiger partial charge in [-0.15, -0.1) is 0 Å². The number of hydrogen-bond donors (Lipinski definition) is 1. The number of aliphatic hydroxyl groups is 1.